The number of nitrogens with one attached hydrogen (secondary N) is 1. The molecule has 6 heteroatoms. The normalized spacial score (nSPS) is 17.2. The van der Waals surface area contributed by atoms with E-state index in [0.29, 0.717) is 44.2 Å². The van der Waals surface area contributed by atoms with Crippen LogP contribution in [0.15, 0.2) is 24.3 Å². The summed E-state index contributed by atoms with van der Waals surface area (Å²) in [5.41, 5.74) is 6.38. The summed E-state index contributed by atoms with van der Waals surface area (Å²) in [5, 5.41) is 3.81. The minimum absolute atomic E-state index is 0. The van der Waals surface area contributed by atoms with Crippen LogP contribution in [0.25, 0.3) is 0 Å². The van der Waals surface area contributed by atoms with Gasteiger partial charge in [0.05, 0.1) is 5.41 Å². The van der Waals surface area contributed by atoms with Crippen molar-refractivity contribution in [3.8, 4) is 0 Å². The molecule has 1 saturated heterocycles. The first-order valence-electron chi connectivity index (χ1n) is 7.72. The summed E-state index contributed by atoms with van der Waals surface area (Å²) >= 11 is 5.93. The molecule has 0 atom stereocenters. The van der Waals surface area contributed by atoms with Gasteiger partial charge in [0.25, 0.3) is 0 Å². The lowest BCUT2D eigenvalue weighted by atomic mass is 9.78. The van der Waals surface area contributed by atoms with E-state index in [1.165, 1.54) is 0 Å². The van der Waals surface area contributed by atoms with Crippen molar-refractivity contribution in [3.63, 3.8) is 0 Å². The third-order valence-electron chi connectivity index (χ3n) is 4.64. The van der Waals surface area contributed by atoms with Crippen LogP contribution in [0.5, 0.6) is 0 Å². The van der Waals surface area contributed by atoms with Gasteiger partial charge in [-0.25, -0.2) is 0 Å². The maximum Gasteiger partial charge on any atom is 0.227 e. The predicted octanol–water partition coefficient (Wildman–Crippen LogP) is 2.91. The average molecular weight is 361 g/mol. The zero-order valence-corrected chi connectivity index (χ0v) is 15.3. The van der Waals surface area contributed by atoms with Crippen LogP contribution in [0.4, 0.5) is 0 Å². The standard InChI is InChI=1S/C17H25ClN2O2.ClH/c1-16(2,13-3-5-14(18)6-4-13)12-20-15(21)17(11-19)7-9-22-10-8-17;/h3-6H,7-12,19H2,1-2H3,(H,20,21);1H. The number of nitrogens with two attached hydrogens (primary N) is 1. The molecule has 3 N–H and O–H groups in total. The van der Waals surface area contributed by atoms with E-state index in [1.807, 2.05) is 24.3 Å². The van der Waals surface area contributed by atoms with Crippen molar-refractivity contribution in [2.75, 3.05) is 26.3 Å². The molecular formula is C17H26Cl2N2O2. The fourth-order valence-corrected chi connectivity index (χ4v) is 2.90. The summed E-state index contributed by atoms with van der Waals surface area (Å²) in [6, 6.07) is 7.75. The highest BCUT2D eigenvalue weighted by Crippen LogP contribution is 2.30. The lowest BCUT2D eigenvalue weighted by molar-refractivity contribution is -0.136. The highest BCUT2D eigenvalue weighted by atomic mass is 35.5. The number of ether oxygens (including phenoxy) is 1. The third kappa shape index (κ3) is 4.83. The third-order valence-corrected chi connectivity index (χ3v) is 4.89. The number of halogens is 2. The Morgan fingerprint density at radius 1 is 1.30 bits per heavy atom. The molecule has 1 heterocycles. The van der Waals surface area contributed by atoms with Gasteiger partial charge >= 0.3 is 0 Å². The zero-order valence-electron chi connectivity index (χ0n) is 13.7. The fraction of sp³-hybridized carbons (Fsp3) is 0.588. The summed E-state index contributed by atoms with van der Waals surface area (Å²) in [6.45, 7) is 6.35. The van der Waals surface area contributed by atoms with Crippen molar-refractivity contribution in [2.45, 2.75) is 32.1 Å². The van der Waals surface area contributed by atoms with Gasteiger partial charge in [0, 0.05) is 36.7 Å². The molecule has 0 spiro atoms. The Morgan fingerprint density at radius 3 is 2.39 bits per heavy atom. The molecule has 1 fully saturated rings. The molecular weight excluding hydrogens is 335 g/mol. The molecule has 0 aromatic heterocycles. The fourth-order valence-electron chi connectivity index (χ4n) is 2.78. The molecule has 0 radical (unpaired) electrons. The molecule has 1 amide bonds. The minimum atomic E-state index is -0.478. The number of rotatable bonds is 5. The predicted molar refractivity (Wildman–Crippen MR) is 96.3 cm³/mol. The SMILES string of the molecule is CC(C)(CNC(=O)C1(CN)CCOCC1)c1ccc(Cl)cc1.Cl. The molecule has 0 saturated carbocycles. The van der Waals surface area contributed by atoms with E-state index in [9.17, 15) is 4.79 Å². The van der Waals surface area contributed by atoms with Crippen molar-refractivity contribution in [1.82, 2.24) is 5.32 Å². The lowest BCUT2D eigenvalue weighted by Crippen LogP contribution is -2.51. The van der Waals surface area contributed by atoms with Crippen molar-refractivity contribution < 1.29 is 9.53 Å². The van der Waals surface area contributed by atoms with E-state index in [2.05, 4.69) is 19.2 Å². The summed E-state index contributed by atoms with van der Waals surface area (Å²) in [6.07, 6.45) is 1.38. The van der Waals surface area contributed by atoms with Crippen LogP contribution in [-0.2, 0) is 14.9 Å². The first-order valence-corrected chi connectivity index (χ1v) is 8.10. The van der Waals surface area contributed by atoms with Gasteiger partial charge in [0.2, 0.25) is 5.91 Å². The van der Waals surface area contributed by atoms with Gasteiger partial charge in [-0.2, -0.15) is 0 Å². The summed E-state index contributed by atoms with van der Waals surface area (Å²) < 4.78 is 5.35. The van der Waals surface area contributed by atoms with E-state index < -0.39 is 5.41 Å². The smallest absolute Gasteiger partial charge is 0.227 e. The Hall–Kier alpha value is -0.810. The van der Waals surface area contributed by atoms with E-state index in [0.717, 1.165) is 5.56 Å². The first kappa shape index (κ1) is 20.2. The van der Waals surface area contributed by atoms with Gasteiger partial charge in [0.1, 0.15) is 0 Å². The van der Waals surface area contributed by atoms with E-state index in [4.69, 9.17) is 22.1 Å². The number of amides is 1. The molecule has 1 aliphatic rings. The van der Waals surface area contributed by atoms with Gasteiger partial charge in [-0.15, -0.1) is 12.4 Å². The molecule has 1 aromatic rings. The molecule has 130 valence electrons. The molecule has 1 aliphatic heterocycles. The Morgan fingerprint density at radius 2 is 1.87 bits per heavy atom. The summed E-state index contributed by atoms with van der Waals surface area (Å²) in [5.74, 6) is 0.0420. The van der Waals surface area contributed by atoms with E-state index in [1.54, 1.807) is 0 Å². The van der Waals surface area contributed by atoms with Crippen LogP contribution in [0, 0.1) is 5.41 Å². The molecule has 0 aliphatic carbocycles. The number of carbonyl (C=O) groups is 1. The monoisotopic (exact) mass is 360 g/mol. The van der Waals surface area contributed by atoms with Crippen LogP contribution >= 0.6 is 24.0 Å². The Labute approximate surface area is 149 Å². The van der Waals surface area contributed by atoms with Crippen molar-refractivity contribution in [2.24, 2.45) is 11.1 Å². The average Bonchev–Trinajstić information content (AvgIpc) is 2.53. The second-order valence-electron chi connectivity index (χ2n) is 6.67. The van der Waals surface area contributed by atoms with Crippen molar-refractivity contribution in [1.29, 1.82) is 0 Å². The highest BCUT2D eigenvalue weighted by molar-refractivity contribution is 6.30. The highest BCUT2D eigenvalue weighted by Gasteiger charge is 2.39. The molecule has 0 bridgehead atoms. The Balaban J connectivity index is 0.00000264. The largest absolute Gasteiger partial charge is 0.381 e. The summed E-state index contributed by atoms with van der Waals surface area (Å²) in [4.78, 5) is 12.6. The molecule has 4 nitrogen and oxygen atoms in total. The van der Waals surface area contributed by atoms with E-state index >= 15 is 0 Å². The molecule has 23 heavy (non-hydrogen) atoms. The van der Waals surface area contributed by atoms with Gasteiger partial charge in [0.15, 0.2) is 0 Å². The maximum absolute atomic E-state index is 12.6. The lowest BCUT2D eigenvalue weighted by Gasteiger charge is -2.36. The van der Waals surface area contributed by atoms with Crippen LogP contribution in [0.1, 0.15) is 32.3 Å². The van der Waals surface area contributed by atoms with Crippen LogP contribution in [0.3, 0.4) is 0 Å². The molecule has 1 aromatic carbocycles. The number of benzene rings is 1. The van der Waals surface area contributed by atoms with Gasteiger partial charge in [-0.05, 0) is 30.5 Å². The Bertz CT molecular complexity index is 512. The van der Waals surface area contributed by atoms with Gasteiger partial charge < -0.3 is 15.8 Å². The van der Waals surface area contributed by atoms with Crippen molar-refractivity contribution >= 4 is 29.9 Å². The van der Waals surface area contributed by atoms with Crippen LogP contribution in [0.2, 0.25) is 5.02 Å². The summed E-state index contributed by atoms with van der Waals surface area (Å²) in [7, 11) is 0. The van der Waals surface area contributed by atoms with E-state index in [-0.39, 0.29) is 23.7 Å². The number of carbonyl (C=O) groups excluding carboxylic acids is 1. The quantitative estimate of drug-likeness (QED) is 0.848. The Kier molecular flexibility index (Phi) is 7.33. The second-order valence-corrected chi connectivity index (χ2v) is 7.11. The van der Waals surface area contributed by atoms with Crippen molar-refractivity contribution in [3.05, 3.63) is 34.9 Å². The van der Waals surface area contributed by atoms with Crippen LogP contribution < -0.4 is 11.1 Å². The topological polar surface area (TPSA) is 64.4 Å². The minimum Gasteiger partial charge on any atom is -0.381 e. The molecule has 2 rings (SSSR count). The zero-order chi connectivity index (χ0) is 16.2. The number of hydrogen-bond donors (Lipinski definition) is 2. The van der Waals surface area contributed by atoms with Gasteiger partial charge in [-0.3, -0.25) is 4.79 Å². The molecule has 0 unspecified atom stereocenters. The van der Waals surface area contributed by atoms with Gasteiger partial charge in [-0.1, -0.05) is 37.6 Å². The first-order chi connectivity index (χ1) is 10.4. The second kappa shape index (κ2) is 8.34. The number of hydrogen-bond acceptors (Lipinski definition) is 3. The maximum atomic E-state index is 12.6. The van der Waals surface area contributed by atoms with Crippen LogP contribution in [-0.4, -0.2) is 32.2 Å².